The van der Waals surface area contributed by atoms with Crippen molar-refractivity contribution in [3.8, 4) is 0 Å². The number of halogens is 3. The normalized spacial score (nSPS) is 17.8. The van der Waals surface area contributed by atoms with Crippen molar-refractivity contribution in [2.75, 3.05) is 11.1 Å². The summed E-state index contributed by atoms with van der Waals surface area (Å²) in [7, 11) is 0. The van der Waals surface area contributed by atoms with E-state index in [-0.39, 0.29) is 0 Å². The van der Waals surface area contributed by atoms with Gasteiger partial charge in [0, 0.05) is 21.0 Å². The predicted octanol–water partition coefficient (Wildman–Crippen LogP) is 5.26. The molecule has 0 spiro atoms. The van der Waals surface area contributed by atoms with Crippen molar-refractivity contribution in [2.45, 2.75) is 17.7 Å². The van der Waals surface area contributed by atoms with Crippen LogP contribution in [0.4, 0.5) is 0 Å². The summed E-state index contributed by atoms with van der Waals surface area (Å²) in [6, 6.07) is 5.63. The van der Waals surface area contributed by atoms with Gasteiger partial charge in [0.25, 0.3) is 0 Å². The van der Waals surface area contributed by atoms with E-state index in [1.165, 1.54) is 12.8 Å². The van der Waals surface area contributed by atoms with Crippen LogP contribution >= 0.6 is 50.9 Å². The van der Waals surface area contributed by atoms with Gasteiger partial charge in [-0.2, -0.15) is 0 Å². The van der Waals surface area contributed by atoms with Crippen LogP contribution in [-0.2, 0) is 0 Å². The third-order valence-corrected chi connectivity index (χ3v) is 5.94. The Morgan fingerprint density at radius 1 is 1.33 bits per heavy atom. The molecule has 0 aliphatic heterocycles. The first-order chi connectivity index (χ1) is 7.15. The summed E-state index contributed by atoms with van der Waals surface area (Å²) in [5.74, 6) is 1.12. The van der Waals surface area contributed by atoms with E-state index in [4.69, 9.17) is 23.2 Å². The minimum atomic E-state index is 0.510. The maximum Gasteiger partial charge on any atom is 0.0542 e. The van der Waals surface area contributed by atoms with E-state index < -0.39 is 0 Å². The highest BCUT2D eigenvalue weighted by Gasteiger charge is 2.41. The molecular weight excluding hydrogens is 315 g/mol. The lowest BCUT2D eigenvalue weighted by molar-refractivity contribution is 0.686. The minimum absolute atomic E-state index is 0.510. The van der Waals surface area contributed by atoms with Gasteiger partial charge >= 0.3 is 0 Å². The minimum Gasteiger partial charge on any atom is -0.124 e. The average molecular weight is 326 g/mol. The summed E-state index contributed by atoms with van der Waals surface area (Å²) in [5, 5.41) is 2.64. The predicted molar refractivity (Wildman–Crippen MR) is 72.6 cm³/mol. The molecule has 0 bridgehead atoms. The molecule has 0 radical (unpaired) electrons. The second kappa shape index (κ2) is 4.87. The monoisotopic (exact) mass is 324 g/mol. The Labute approximate surface area is 113 Å². The van der Waals surface area contributed by atoms with E-state index in [0.29, 0.717) is 5.41 Å². The Hall–Kier alpha value is 0.630. The first kappa shape index (κ1) is 12.1. The van der Waals surface area contributed by atoms with Crippen molar-refractivity contribution in [3.63, 3.8) is 0 Å². The van der Waals surface area contributed by atoms with Crippen LogP contribution < -0.4 is 0 Å². The van der Waals surface area contributed by atoms with Crippen molar-refractivity contribution >= 4 is 50.9 Å². The number of benzene rings is 1. The Morgan fingerprint density at radius 2 is 2.07 bits per heavy atom. The molecule has 2 rings (SSSR count). The lowest BCUT2D eigenvalue weighted by atomic mass is 10.2. The van der Waals surface area contributed by atoms with Crippen molar-refractivity contribution in [3.05, 3.63) is 28.2 Å². The zero-order valence-corrected chi connectivity index (χ0v) is 12.0. The van der Waals surface area contributed by atoms with Crippen LogP contribution in [0.1, 0.15) is 12.8 Å². The van der Waals surface area contributed by atoms with Crippen LogP contribution in [0.25, 0.3) is 0 Å². The molecule has 0 amide bonds. The number of hydrogen-bond acceptors (Lipinski definition) is 1. The van der Waals surface area contributed by atoms with Gasteiger partial charge in [0.05, 0.1) is 5.02 Å². The first-order valence-corrected chi connectivity index (χ1v) is 7.65. The largest absolute Gasteiger partial charge is 0.124 e. The maximum absolute atomic E-state index is 6.10. The molecule has 1 saturated carbocycles. The fraction of sp³-hybridized carbons (Fsp3) is 0.455. The van der Waals surface area contributed by atoms with E-state index in [1.807, 2.05) is 30.0 Å². The van der Waals surface area contributed by atoms with Gasteiger partial charge in [0.2, 0.25) is 0 Å². The molecule has 4 heteroatoms. The zero-order chi connectivity index (χ0) is 10.9. The molecular formula is C11H11BrCl2S. The second-order valence-corrected chi connectivity index (χ2v) is 6.42. The van der Waals surface area contributed by atoms with Crippen LogP contribution in [-0.4, -0.2) is 11.1 Å². The van der Waals surface area contributed by atoms with Gasteiger partial charge in [-0.3, -0.25) is 0 Å². The smallest absolute Gasteiger partial charge is 0.0542 e. The first-order valence-electron chi connectivity index (χ1n) is 4.79. The Balaban J connectivity index is 2.01. The van der Waals surface area contributed by atoms with Gasteiger partial charge in [0.1, 0.15) is 0 Å². The molecule has 1 aliphatic rings. The van der Waals surface area contributed by atoms with Gasteiger partial charge in [-0.05, 0) is 36.5 Å². The summed E-state index contributed by atoms with van der Waals surface area (Å²) in [6.07, 6.45) is 2.65. The Morgan fingerprint density at radius 3 is 2.67 bits per heavy atom. The van der Waals surface area contributed by atoms with Gasteiger partial charge in [-0.1, -0.05) is 39.1 Å². The van der Waals surface area contributed by atoms with Crippen LogP contribution in [0.2, 0.25) is 10.0 Å². The highest BCUT2D eigenvalue weighted by atomic mass is 79.9. The van der Waals surface area contributed by atoms with Crippen LogP contribution in [0.15, 0.2) is 23.1 Å². The lowest BCUT2D eigenvalue weighted by Crippen LogP contribution is -2.04. The third-order valence-electron chi connectivity index (χ3n) is 2.67. The lowest BCUT2D eigenvalue weighted by Gasteiger charge is -2.11. The SMILES string of the molecule is Clc1ccc(Cl)c(SCC2(CBr)CC2)c1. The van der Waals surface area contributed by atoms with E-state index in [1.54, 1.807) is 0 Å². The fourth-order valence-corrected chi connectivity index (χ4v) is 4.12. The molecule has 0 unspecified atom stereocenters. The quantitative estimate of drug-likeness (QED) is 0.537. The standard InChI is InChI=1S/C11H11BrCl2S/c12-6-11(3-4-11)7-15-10-5-8(13)1-2-9(10)14/h1-2,5H,3-4,6-7H2. The van der Waals surface area contributed by atoms with Crippen LogP contribution in [0.5, 0.6) is 0 Å². The Kier molecular flexibility index (Phi) is 3.93. The number of hydrogen-bond donors (Lipinski definition) is 0. The van der Waals surface area contributed by atoms with Crippen molar-refractivity contribution in [1.29, 1.82) is 0 Å². The molecule has 0 aromatic heterocycles. The number of alkyl halides is 1. The average Bonchev–Trinajstić information content (AvgIpc) is 3.00. The zero-order valence-electron chi connectivity index (χ0n) is 8.10. The topological polar surface area (TPSA) is 0 Å². The van der Waals surface area contributed by atoms with E-state index in [2.05, 4.69) is 15.9 Å². The second-order valence-electron chi connectivity index (χ2n) is 4.00. The molecule has 0 saturated heterocycles. The molecule has 1 fully saturated rings. The van der Waals surface area contributed by atoms with Crippen LogP contribution in [0.3, 0.4) is 0 Å². The molecule has 15 heavy (non-hydrogen) atoms. The van der Waals surface area contributed by atoms with Crippen LogP contribution in [0, 0.1) is 5.41 Å². The van der Waals surface area contributed by atoms with E-state index >= 15 is 0 Å². The maximum atomic E-state index is 6.10. The number of rotatable bonds is 4. The summed E-state index contributed by atoms with van der Waals surface area (Å²) < 4.78 is 0. The van der Waals surface area contributed by atoms with Crippen molar-refractivity contribution in [1.82, 2.24) is 0 Å². The Bertz CT molecular complexity index is 364. The van der Waals surface area contributed by atoms with Crippen molar-refractivity contribution < 1.29 is 0 Å². The molecule has 1 aromatic carbocycles. The third kappa shape index (κ3) is 3.06. The van der Waals surface area contributed by atoms with Gasteiger partial charge in [-0.15, -0.1) is 11.8 Å². The molecule has 0 N–H and O–H groups in total. The summed E-state index contributed by atoms with van der Waals surface area (Å²) >= 11 is 17.4. The molecule has 1 aromatic rings. The molecule has 0 heterocycles. The molecule has 82 valence electrons. The summed E-state index contributed by atoms with van der Waals surface area (Å²) in [4.78, 5) is 1.09. The van der Waals surface area contributed by atoms with E-state index in [0.717, 1.165) is 26.0 Å². The highest BCUT2D eigenvalue weighted by Crippen LogP contribution is 2.50. The molecule has 0 atom stereocenters. The molecule has 1 aliphatic carbocycles. The molecule has 0 nitrogen and oxygen atoms in total. The number of thioether (sulfide) groups is 1. The van der Waals surface area contributed by atoms with Crippen molar-refractivity contribution in [2.24, 2.45) is 5.41 Å². The highest BCUT2D eigenvalue weighted by molar-refractivity contribution is 9.09. The van der Waals surface area contributed by atoms with Gasteiger partial charge in [-0.25, -0.2) is 0 Å². The summed E-state index contributed by atoms with van der Waals surface area (Å²) in [6.45, 7) is 0. The van der Waals surface area contributed by atoms with E-state index in [9.17, 15) is 0 Å². The summed E-state index contributed by atoms with van der Waals surface area (Å²) in [5.41, 5.74) is 0.510. The fourth-order valence-electron chi connectivity index (χ4n) is 1.31. The van der Waals surface area contributed by atoms with Gasteiger partial charge < -0.3 is 0 Å². The van der Waals surface area contributed by atoms with Gasteiger partial charge in [0.15, 0.2) is 0 Å².